The number of carbonyl (C=O) groups is 1. The molecular weight excluding hydrogens is 192 g/mol. The summed E-state index contributed by atoms with van der Waals surface area (Å²) in [5.41, 5.74) is 1.75. The predicted molar refractivity (Wildman–Crippen MR) is 55.9 cm³/mol. The molecule has 5 heteroatoms. The smallest absolute Gasteiger partial charge is 0.321 e. The number of hydrogen-bond acceptors (Lipinski definition) is 2. The molecule has 0 unspecified atom stereocenters. The molecule has 1 aliphatic rings. The van der Waals surface area contributed by atoms with Crippen molar-refractivity contribution in [2.24, 2.45) is 0 Å². The molecule has 1 fully saturated rings. The minimum atomic E-state index is -0.0362. The first-order chi connectivity index (χ1) is 7.34. The SMILES string of the molecule is O=C1NCCN1c1ccn2ccnc2c1. The van der Waals surface area contributed by atoms with E-state index in [-0.39, 0.29) is 6.03 Å². The molecule has 1 N–H and O–H groups in total. The van der Waals surface area contributed by atoms with Gasteiger partial charge < -0.3 is 9.72 Å². The lowest BCUT2D eigenvalue weighted by molar-refractivity contribution is 0.252. The summed E-state index contributed by atoms with van der Waals surface area (Å²) in [4.78, 5) is 17.3. The van der Waals surface area contributed by atoms with Gasteiger partial charge in [0, 0.05) is 37.7 Å². The van der Waals surface area contributed by atoms with Crippen LogP contribution in [-0.2, 0) is 0 Å². The van der Waals surface area contributed by atoms with E-state index < -0.39 is 0 Å². The molecule has 0 radical (unpaired) electrons. The minimum Gasteiger partial charge on any atom is -0.336 e. The van der Waals surface area contributed by atoms with Crippen molar-refractivity contribution in [3.63, 3.8) is 0 Å². The van der Waals surface area contributed by atoms with Crippen molar-refractivity contribution in [1.82, 2.24) is 14.7 Å². The molecule has 3 heterocycles. The summed E-state index contributed by atoms with van der Waals surface area (Å²) in [7, 11) is 0. The third-order valence-electron chi connectivity index (χ3n) is 2.55. The number of hydrogen-bond donors (Lipinski definition) is 1. The van der Waals surface area contributed by atoms with Gasteiger partial charge in [0.15, 0.2) is 0 Å². The molecule has 1 saturated heterocycles. The number of fused-ring (bicyclic) bond motifs is 1. The number of amides is 2. The number of nitrogens with one attached hydrogen (secondary N) is 1. The van der Waals surface area contributed by atoms with E-state index in [4.69, 9.17) is 0 Å². The maximum absolute atomic E-state index is 11.4. The van der Waals surface area contributed by atoms with Gasteiger partial charge in [-0.3, -0.25) is 4.90 Å². The first kappa shape index (κ1) is 8.28. The van der Waals surface area contributed by atoms with Gasteiger partial charge in [0.05, 0.1) is 5.69 Å². The van der Waals surface area contributed by atoms with Gasteiger partial charge in [-0.1, -0.05) is 0 Å². The second-order valence-corrected chi connectivity index (χ2v) is 3.46. The molecule has 0 atom stereocenters. The highest BCUT2D eigenvalue weighted by molar-refractivity contribution is 5.94. The second kappa shape index (κ2) is 2.98. The van der Waals surface area contributed by atoms with Crippen LogP contribution in [0.5, 0.6) is 0 Å². The van der Waals surface area contributed by atoms with Gasteiger partial charge in [-0.15, -0.1) is 0 Å². The standard InChI is InChI=1S/C10H10N4O/c15-10-12-3-6-14(10)8-1-4-13-5-2-11-9(13)7-8/h1-2,4-5,7H,3,6H2,(H,12,15). The fourth-order valence-electron chi connectivity index (χ4n) is 1.79. The number of pyridine rings is 1. The van der Waals surface area contributed by atoms with E-state index in [0.717, 1.165) is 17.9 Å². The zero-order chi connectivity index (χ0) is 10.3. The first-order valence-corrected chi connectivity index (χ1v) is 4.83. The Bertz CT molecular complexity index is 519. The van der Waals surface area contributed by atoms with Crippen LogP contribution in [0.2, 0.25) is 0 Å². The maximum Gasteiger partial charge on any atom is 0.321 e. The van der Waals surface area contributed by atoms with Crippen LogP contribution in [-0.4, -0.2) is 28.5 Å². The minimum absolute atomic E-state index is 0.0362. The topological polar surface area (TPSA) is 49.6 Å². The molecular formula is C10H10N4O. The Morgan fingerprint density at radius 2 is 2.33 bits per heavy atom. The normalized spacial score (nSPS) is 16.0. The van der Waals surface area contributed by atoms with E-state index in [0.29, 0.717) is 6.54 Å². The van der Waals surface area contributed by atoms with Crippen molar-refractivity contribution in [3.8, 4) is 0 Å². The summed E-state index contributed by atoms with van der Waals surface area (Å²) < 4.78 is 1.91. The second-order valence-electron chi connectivity index (χ2n) is 3.46. The number of imidazole rings is 1. The largest absolute Gasteiger partial charge is 0.336 e. The Balaban J connectivity index is 2.06. The van der Waals surface area contributed by atoms with Crippen LogP contribution in [0.3, 0.4) is 0 Å². The summed E-state index contributed by atoms with van der Waals surface area (Å²) in [6, 6.07) is 3.79. The fraction of sp³-hybridized carbons (Fsp3) is 0.200. The predicted octanol–water partition coefficient (Wildman–Crippen LogP) is 0.864. The molecule has 5 nitrogen and oxygen atoms in total. The molecule has 0 bridgehead atoms. The first-order valence-electron chi connectivity index (χ1n) is 4.83. The number of rotatable bonds is 1. The number of nitrogens with zero attached hydrogens (tertiary/aromatic N) is 3. The maximum atomic E-state index is 11.4. The molecule has 0 saturated carbocycles. The zero-order valence-corrected chi connectivity index (χ0v) is 8.05. The van der Waals surface area contributed by atoms with E-state index in [2.05, 4.69) is 10.3 Å². The van der Waals surface area contributed by atoms with Crippen molar-refractivity contribution in [2.75, 3.05) is 18.0 Å². The fourth-order valence-corrected chi connectivity index (χ4v) is 1.79. The summed E-state index contributed by atoms with van der Waals surface area (Å²) >= 11 is 0. The van der Waals surface area contributed by atoms with Gasteiger partial charge >= 0.3 is 6.03 Å². The van der Waals surface area contributed by atoms with Crippen molar-refractivity contribution >= 4 is 17.4 Å². The van der Waals surface area contributed by atoms with Gasteiger partial charge in [-0.25, -0.2) is 9.78 Å². The lowest BCUT2D eigenvalue weighted by Crippen LogP contribution is -2.27. The molecule has 2 aromatic rings. The summed E-state index contributed by atoms with van der Waals surface area (Å²) in [6.07, 6.45) is 5.52. The number of urea groups is 1. The molecule has 2 amide bonds. The highest BCUT2D eigenvalue weighted by Crippen LogP contribution is 2.17. The average Bonchev–Trinajstić information content (AvgIpc) is 2.84. The highest BCUT2D eigenvalue weighted by atomic mass is 16.2. The molecule has 1 aliphatic heterocycles. The summed E-state index contributed by atoms with van der Waals surface area (Å²) in [5, 5.41) is 2.77. The van der Waals surface area contributed by atoms with Crippen LogP contribution in [0.15, 0.2) is 30.7 Å². The van der Waals surface area contributed by atoms with E-state index >= 15 is 0 Å². The van der Waals surface area contributed by atoms with Crippen LogP contribution in [0.1, 0.15) is 0 Å². The van der Waals surface area contributed by atoms with Crippen molar-refractivity contribution in [1.29, 1.82) is 0 Å². The molecule has 3 rings (SSSR count). The Kier molecular flexibility index (Phi) is 1.65. The van der Waals surface area contributed by atoms with E-state index in [1.165, 1.54) is 0 Å². The van der Waals surface area contributed by atoms with Crippen molar-refractivity contribution in [3.05, 3.63) is 30.7 Å². The Morgan fingerprint density at radius 3 is 3.13 bits per heavy atom. The number of anilines is 1. The Labute approximate surface area is 86.3 Å². The van der Waals surface area contributed by atoms with Crippen LogP contribution >= 0.6 is 0 Å². The molecule has 15 heavy (non-hydrogen) atoms. The van der Waals surface area contributed by atoms with Crippen LogP contribution in [0, 0.1) is 0 Å². The van der Waals surface area contributed by atoms with Crippen molar-refractivity contribution in [2.45, 2.75) is 0 Å². The molecule has 0 aromatic carbocycles. The van der Waals surface area contributed by atoms with Gasteiger partial charge in [-0.05, 0) is 6.07 Å². The van der Waals surface area contributed by atoms with E-state index in [9.17, 15) is 4.79 Å². The molecule has 76 valence electrons. The number of aromatic nitrogens is 2. The Morgan fingerprint density at radius 1 is 1.40 bits per heavy atom. The third-order valence-corrected chi connectivity index (χ3v) is 2.55. The van der Waals surface area contributed by atoms with Crippen LogP contribution in [0.4, 0.5) is 10.5 Å². The Hall–Kier alpha value is -2.04. The molecule has 2 aromatic heterocycles. The van der Waals surface area contributed by atoms with E-state index in [1.807, 2.05) is 28.9 Å². The third kappa shape index (κ3) is 1.24. The molecule has 0 aliphatic carbocycles. The average molecular weight is 202 g/mol. The van der Waals surface area contributed by atoms with Crippen LogP contribution in [0.25, 0.3) is 5.65 Å². The summed E-state index contributed by atoms with van der Waals surface area (Å²) in [6.45, 7) is 1.42. The van der Waals surface area contributed by atoms with Gasteiger partial charge in [0.2, 0.25) is 0 Å². The summed E-state index contributed by atoms with van der Waals surface area (Å²) in [5.74, 6) is 0. The van der Waals surface area contributed by atoms with E-state index in [1.54, 1.807) is 11.1 Å². The lowest BCUT2D eigenvalue weighted by atomic mass is 10.3. The zero-order valence-electron chi connectivity index (χ0n) is 8.05. The van der Waals surface area contributed by atoms with Gasteiger partial charge in [0.25, 0.3) is 0 Å². The van der Waals surface area contributed by atoms with Crippen LogP contribution < -0.4 is 10.2 Å². The van der Waals surface area contributed by atoms with Crippen molar-refractivity contribution < 1.29 is 4.79 Å². The highest BCUT2D eigenvalue weighted by Gasteiger charge is 2.21. The quantitative estimate of drug-likeness (QED) is 0.745. The molecule has 0 spiro atoms. The monoisotopic (exact) mass is 202 g/mol. The van der Waals surface area contributed by atoms with Gasteiger partial charge in [0.1, 0.15) is 5.65 Å². The van der Waals surface area contributed by atoms with Gasteiger partial charge in [-0.2, -0.15) is 0 Å². The lowest BCUT2D eigenvalue weighted by Gasteiger charge is -2.13. The number of carbonyl (C=O) groups excluding carboxylic acids is 1.